The van der Waals surface area contributed by atoms with E-state index in [4.69, 9.17) is 10.5 Å². The summed E-state index contributed by atoms with van der Waals surface area (Å²) in [6.45, 7) is 2.14. The van der Waals surface area contributed by atoms with Crippen LogP contribution in [-0.4, -0.2) is 19.3 Å². The summed E-state index contributed by atoms with van der Waals surface area (Å²) in [4.78, 5) is 0. The van der Waals surface area contributed by atoms with E-state index in [0.29, 0.717) is 13.0 Å². The van der Waals surface area contributed by atoms with Crippen LogP contribution in [-0.2, 0) is 6.42 Å². The molecule has 4 heteroatoms. The first kappa shape index (κ1) is 14.5. The van der Waals surface area contributed by atoms with Gasteiger partial charge in [0.1, 0.15) is 5.75 Å². The number of benzene rings is 1. The molecule has 0 spiro atoms. The van der Waals surface area contributed by atoms with Crippen LogP contribution in [0.2, 0.25) is 0 Å². The van der Waals surface area contributed by atoms with Gasteiger partial charge in [-0.1, -0.05) is 13.0 Å². The van der Waals surface area contributed by atoms with Gasteiger partial charge in [-0.3, -0.25) is 4.39 Å². The zero-order valence-corrected chi connectivity index (χ0v) is 11.7. The van der Waals surface area contributed by atoms with Crippen LogP contribution in [0, 0.1) is 0 Å². The summed E-state index contributed by atoms with van der Waals surface area (Å²) in [6.07, 6.45) is 2.25. The quantitative estimate of drug-likeness (QED) is 0.783. The molecule has 2 nitrogen and oxygen atoms in total. The average Bonchev–Trinajstić information content (AvgIpc) is 2.32. The SMILES string of the molecule is CCC(N)Cc1ccc(OCCCF)c(Br)c1. The zero-order chi connectivity index (χ0) is 12.7. The molecule has 96 valence electrons. The molecule has 0 fully saturated rings. The molecular weight excluding hydrogens is 285 g/mol. The van der Waals surface area contributed by atoms with Crippen molar-refractivity contribution in [3.8, 4) is 5.75 Å². The highest BCUT2D eigenvalue weighted by atomic mass is 79.9. The molecule has 0 aliphatic rings. The van der Waals surface area contributed by atoms with Gasteiger partial charge in [-0.2, -0.15) is 0 Å². The first-order valence-corrected chi connectivity index (χ1v) is 6.69. The van der Waals surface area contributed by atoms with Crippen molar-refractivity contribution in [2.45, 2.75) is 32.2 Å². The predicted octanol–water partition coefficient (Wildman–Crippen LogP) is 3.47. The first-order valence-electron chi connectivity index (χ1n) is 5.90. The van der Waals surface area contributed by atoms with Crippen LogP contribution in [0.4, 0.5) is 4.39 Å². The van der Waals surface area contributed by atoms with Crippen LogP contribution in [0.25, 0.3) is 0 Å². The lowest BCUT2D eigenvalue weighted by Crippen LogP contribution is -2.21. The average molecular weight is 304 g/mol. The molecule has 1 atom stereocenters. The maximum atomic E-state index is 11.9. The van der Waals surface area contributed by atoms with Crippen molar-refractivity contribution in [3.63, 3.8) is 0 Å². The van der Waals surface area contributed by atoms with Crippen molar-refractivity contribution < 1.29 is 9.13 Å². The Morgan fingerprint density at radius 1 is 1.47 bits per heavy atom. The van der Waals surface area contributed by atoms with Crippen molar-refractivity contribution in [2.24, 2.45) is 5.73 Å². The number of rotatable bonds is 7. The lowest BCUT2D eigenvalue weighted by Gasteiger charge is -2.11. The molecule has 0 aromatic heterocycles. The largest absolute Gasteiger partial charge is 0.492 e. The lowest BCUT2D eigenvalue weighted by molar-refractivity contribution is 0.288. The van der Waals surface area contributed by atoms with Gasteiger partial charge in [-0.05, 0) is 46.5 Å². The van der Waals surface area contributed by atoms with E-state index < -0.39 is 0 Å². The molecule has 1 aromatic rings. The molecule has 0 bridgehead atoms. The van der Waals surface area contributed by atoms with Gasteiger partial charge >= 0.3 is 0 Å². The Bertz CT molecular complexity index is 346. The second kappa shape index (κ2) is 7.67. The fourth-order valence-electron chi connectivity index (χ4n) is 1.47. The Morgan fingerprint density at radius 2 is 2.24 bits per heavy atom. The molecule has 1 aromatic carbocycles. The van der Waals surface area contributed by atoms with Crippen LogP contribution in [0.5, 0.6) is 5.75 Å². The number of nitrogens with two attached hydrogens (primary N) is 1. The van der Waals surface area contributed by atoms with Crippen molar-refractivity contribution >= 4 is 15.9 Å². The van der Waals surface area contributed by atoms with Gasteiger partial charge < -0.3 is 10.5 Å². The van der Waals surface area contributed by atoms with Crippen LogP contribution in [0.15, 0.2) is 22.7 Å². The first-order chi connectivity index (χ1) is 8.17. The second-order valence-electron chi connectivity index (χ2n) is 4.03. The molecule has 1 rings (SSSR count). The molecule has 0 amide bonds. The number of halogens is 2. The normalized spacial score (nSPS) is 12.5. The Balaban J connectivity index is 2.59. The van der Waals surface area contributed by atoms with E-state index in [1.165, 1.54) is 5.56 Å². The molecule has 1 unspecified atom stereocenters. The number of alkyl halides is 1. The second-order valence-corrected chi connectivity index (χ2v) is 4.88. The van der Waals surface area contributed by atoms with Crippen molar-refractivity contribution in [3.05, 3.63) is 28.2 Å². The van der Waals surface area contributed by atoms with Crippen molar-refractivity contribution in [1.82, 2.24) is 0 Å². The summed E-state index contributed by atoms with van der Waals surface area (Å²) in [5.74, 6) is 0.757. The van der Waals surface area contributed by atoms with Gasteiger partial charge in [0, 0.05) is 12.5 Å². The minimum absolute atomic E-state index is 0.195. The number of hydrogen-bond acceptors (Lipinski definition) is 2. The van der Waals surface area contributed by atoms with E-state index in [1.807, 2.05) is 18.2 Å². The highest BCUT2D eigenvalue weighted by molar-refractivity contribution is 9.10. The minimum Gasteiger partial charge on any atom is -0.492 e. The summed E-state index contributed by atoms with van der Waals surface area (Å²) in [7, 11) is 0. The van der Waals surface area contributed by atoms with Gasteiger partial charge in [0.15, 0.2) is 0 Å². The molecule has 17 heavy (non-hydrogen) atoms. The maximum absolute atomic E-state index is 11.9. The van der Waals surface area contributed by atoms with E-state index in [0.717, 1.165) is 23.1 Å². The molecule has 0 saturated carbocycles. The fraction of sp³-hybridized carbons (Fsp3) is 0.538. The lowest BCUT2D eigenvalue weighted by atomic mass is 10.0. The third-order valence-electron chi connectivity index (χ3n) is 2.55. The maximum Gasteiger partial charge on any atom is 0.133 e. The Labute approximate surface area is 110 Å². The smallest absolute Gasteiger partial charge is 0.133 e. The molecule has 0 aliphatic carbocycles. The van der Waals surface area contributed by atoms with E-state index in [2.05, 4.69) is 22.9 Å². The number of hydrogen-bond donors (Lipinski definition) is 1. The van der Waals surface area contributed by atoms with E-state index >= 15 is 0 Å². The Hall–Kier alpha value is -0.610. The molecule has 0 heterocycles. The van der Waals surface area contributed by atoms with Crippen molar-refractivity contribution in [2.75, 3.05) is 13.3 Å². The van der Waals surface area contributed by atoms with E-state index in [-0.39, 0.29) is 12.7 Å². The number of ether oxygens (including phenoxy) is 1. The summed E-state index contributed by atoms with van der Waals surface area (Å²) >= 11 is 3.45. The summed E-state index contributed by atoms with van der Waals surface area (Å²) < 4.78 is 18.3. The monoisotopic (exact) mass is 303 g/mol. The molecule has 0 radical (unpaired) electrons. The van der Waals surface area contributed by atoms with Gasteiger partial charge in [0.05, 0.1) is 17.8 Å². The topological polar surface area (TPSA) is 35.2 Å². The van der Waals surface area contributed by atoms with Gasteiger partial charge in [0.2, 0.25) is 0 Å². The highest BCUT2D eigenvalue weighted by Gasteiger charge is 2.05. The standard InChI is InChI=1S/C13H19BrFNO/c1-2-11(16)8-10-4-5-13(12(14)9-10)17-7-3-6-15/h4-5,9,11H,2-3,6-8,16H2,1H3. The van der Waals surface area contributed by atoms with Crippen LogP contribution in [0.1, 0.15) is 25.3 Å². The van der Waals surface area contributed by atoms with Gasteiger partial charge in [0.25, 0.3) is 0 Å². The third-order valence-corrected chi connectivity index (χ3v) is 3.17. The van der Waals surface area contributed by atoms with Crippen LogP contribution >= 0.6 is 15.9 Å². The molecule has 0 saturated heterocycles. The Kier molecular flexibility index (Phi) is 6.52. The van der Waals surface area contributed by atoms with E-state index in [1.54, 1.807) is 0 Å². The van der Waals surface area contributed by atoms with Crippen LogP contribution < -0.4 is 10.5 Å². The fourth-order valence-corrected chi connectivity index (χ4v) is 2.01. The van der Waals surface area contributed by atoms with Gasteiger partial charge in [-0.15, -0.1) is 0 Å². The van der Waals surface area contributed by atoms with Crippen molar-refractivity contribution in [1.29, 1.82) is 0 Å². The Morgan fingerprint density at radius 3 is 2.82 bits per heavy atom. The summed E-state index contributed by atoms with van der Waals surface area (Å²) in [6, 6.07) is 6.12. The predicted molar refractivity (Wildman–Crippen MR) is 72.2 cm³/mol. The van der Waals surface area contributed by atoms with Gasteiger partial charge in [-0.25, -0.2) is 0 Å². The third kappa shape index (κ3) is 5.04. The summed E-state index contributed by atoms with van der Waals surface area (Å²) in [5.41, 5.74) is 7.09. The van der Waals surface area contributed by atoms with Crippen LogP contribution in [0.3, 0.4) is 0 Å². The molecule has 2 N–H and O–H groups in total. The molecule has 0 aliphatic heterocycles. The minimum atomic E-state index is -0.346. The molecular formula is C13H19BrFNO. The zero-order valence-electron chi connectivity index (χ0n) is 10.1. The summed E-state index contributed by atoms with van der Waals surface area (Å²) in [5, 5.41) is 0. The highest BCUT2D eigenvalue weighted by Crippen LogP contribution is 2.26. The van der Waals surface area contributed by atoms with E-state index in [9.17, 15) is 4.39 Å².